The largest absolute Gasteiger partial charge is 0.462 e. The molecule has 3 heterocycles. The van der Waals surface area contributed by atoms with E-state index >= 15 is 0 Å². The zero-order chi connectivity index (χ0) is 24.4. The number of carbonyl (C=O) groups is 2. The molecule has 1 saturated heterocycles. The molecule has 2 aliphatic carbocycles. The van der Waals surface area contributed by atoms with Crippen LogP contribution in [0.5, 0.6) is 0 Å². The van der Waals surface area contributed by atoms with Crippen molar-refractivity contribution in [3.63, 3.8) is 0 Å². The SMILES string of the molecule is CCOC(=O)N[C@H]1CC[C@@H]2[C@@H](C1)C[C@H]1C(=O)O[C@H](C)[C@H]1[C@H]2/C=C/c1ccc(-c2ccccn2)cn1. The van der Waals surface area contributed by atoms with Crippen molar-refractivity contribution in [2.45, 2.75) is 51.7 Å². The molecule has 7 atom stereocenters. The van der Waals surface area contributed by atoms with Gasteiger partial charge in [-0.05, 0) is 87.6 Å². The number of esters is 1. The fourth-order valence-corrected chi connectivity index (χ4v) is 6.48. The van der Waals surface area contributed by atoms with Crippen LogP contribution < -0.4 is 5.32 Å². The molecule has 2 saturated carbocycles. The van der Waals surface area contributed by atoms with Crippen molar-refractivity contribution in [2.75, 3.05) is 6.61 Å². The first kappa shape index (κ1) is 23.5. The third-order valence-electron chi connectivity index (χ3n) is 7.98. The van der Waals surface area contributed by atoms with Crippen LogP contribution in [-0.4, -0.2) is 40.8 Å². The van der Waals surface area contributed by atoms with Crippen LogP contribution in [0.25, 0.3) is 17.3 Å². The first-order valence-corrected chi connectivity index (χ1v) is 12.7. The number of allylic oxidation sites excluding steroid dienone is 1. The molecule has 5 rings (SSSR count). The molecule has 1 N–H and O–H groups in total. The number of nitrogens with zero attached hydrogens (tertiary/aromatic N) is 2. The molecular weight excluding hydrogens is 442 g/mol. The number of cyclic esters (lactones) is 1. The van der Waals surface area contributed by atoms with Crippen molar-refractivity contribution in [2.24, 2.45) is 29.6 Å². The normalized spacial score (nSPS) is 31.9. The molecule has 2 aromatic rings. The van der Waals surface area contributed by atoms with E-state index in [-0.39, 0.29) is 42.0 Å². The third-order valence-corrected chi connectivity index (χ3v) is 7.98. The highest BCUT2D eigenvalue weighted by atomic mass is 16.6. The Labute approximate surface area is 206 Å². The minimum absolute atomic E-state index is 0.0716. The molecule has 0 aromatic carbocycles. The van der Waals surface area contributed by atoms with Crippen LogP contribution in [0.4, 0.5) is 4.79 Å². The van der Waals surface area contributed by atoms with E-state index in [1.165, 1.54) is 0 Å². The second-order valence-corrected chi connectivity index (χ2v) is 9.98. The summed E-state index contributed by atoms with van der Waals surface area (Å²) in [7, 11) is 0. The third kappa shape index (κ3) is 4.95. The maximum absolute atomic E-state index is 12.7. The lowest BCUT2D eigenvalue weighted by atomic mass is 9.57. The number of aromatic nitrogens is 2. The number of nitrogens with one attached hydrogen (secondary N) is 1. The zero-order valence-corrected chi connectivity index (χ0v) is 20.3. The van der Waals surface area contributed by atoms with Crippen LogP contribution in [-0.2, 0) is 14.3 Å². The van der Waals surface area contributed by atoms with E-state index in [4.69, 9.17) is 9.47 Å². The molecule has 7 nitrogen and oxygen atoms in total. The van der Waals surface area contributed by atoms with Gasteiger partial charge in [-0.15, -0.1) is 0 Å². The van der Waals surface area contributed by atoms with Gasteiger partial charge in [0.1, 0.15) is 6.10 Å². The van der Waals surface area contributed by atoms with Gasteiger partial charge >= 0.3 is 12.1 Å². The van der Waals surface area contributed by atoms with Crippen molar-refractivity contribution in [1.82, 2.24) is 15.3 Å². The Morgan fingerprint density at radius 2 is 2.09 bits per heavy atom. The van der Waals surface area contributed by atoms with Gasteiger partial charge in [0.25, 0.3) is 0 Å². The van der Waals surface area contributed by atoms with Crippen LogP contribution in [0, 0.1) is 29.6 Å². The smallest absolute Gasteiger partial charge is 0.407 e. The highest BCUT2D eigenvalue weighted by molar-refractivity contribution is 5.75. The maximum Gasteiger partial charge on any atom is 0.407 e. The van der Waals surface area contributed by atoms with Crippen molar-refractivity contribution in [3.8, 4) is 11.3 Å². The van der Waals surface area contributed by atoms with E-state index in [0.29, 0.717) is 18.4 Å². The number of alkyl carbamates (subject to hydrolysis) is 1. The lowest BCUT2D eigenvalue weighted by Gasteiger charge is -2.47. The van der Waals surface area contributed by atoms with Gasteiger partial charge in [0.15, 0.2) is 0 Å². The highest BCUT2D eigenvalue weighted by Crippen LogP contribution is 2.53. The molecule has 2 aromatic heterocycles. The van der Waals surface area contributed by atoms with Crippen LogP contribution in [0.3, 0.4) is 0 Å². The summed E-state index contributed by atoms with van der Waals surface area (Å²) in [6, 6.07) is 9.98. The van der Waals surface area contributed by atoms with E-state index in [1.54, 1.807) is 6.20 Å². The van der Waals surface area contributed by atoms with E-state index in [1.807, 2.05) is 50.4 Å². The summed E-state index contributed by atoms with van der Waals surface area (Å²) in [5.74, 6) is 1.09. The molecule has 35 heavy (non-hydrogen) atoms. The van der Waals surface area contributed by atoms with Gasteiger partial charge in [-0.25, -0.2) is 4.79 Å². The average Bonchev–Trinajstić information content (AvgIpc) is 3.15. The molecule has 3 fully saturated rings. The Balaban J connectivity index is 1.34. The molecule has 7 heteroatoms. The summed E-state index contributed by atoms with van der Waals surface area (Å²) in [4.78, 5) is 33.7. The maximum atomic E-state index is 12.7. The van der Waals surface area contributed by atoms with Gasteiger partial charge in [-0.1, -0.05) is 12.1 Å². The minimum atomic E-state index is -0.352. The molecule has 0 radical (unpaired) electrons. The second kappa shape index (κ2) is 10.2. The summed E-state index contributed by atoms with van der Waals surface area (Å²) < 4.78 is 10.8. The fourth-order valence-electron chi connectivity index (χ4n) is 6.48. The summed E-state index contributed by atoms with van der Waals surface area (Å²) in [6.45, 7) is 4.20. The molecule has 0 spiro atoms. The minimum Gasteiger partial charge on any atom is -0.462 e. The fraction of sp³-hybridized carbons (Fsp3) is 0.500. The number of ether oxygens (including phenoxy) is 2. The van der Waals surface area contributed by atoms with Crippen LogP contribution >= 0.6 is 0 Å². The summed E-state index contributed by atoms with van der Waals surface area (Å²) in [5, 5.41) is 3.01. The summed E-state index contributed by atoms with van der Waals surface area (Å²) >= 11 is 0. The molecule has 184 valence electrons. The molecule has 0 bridgehead atoms. The number of amides is 1. The number of fused-ring (bicyclic) bond motifs is 2. The highest BCUT2D eigenvalue weighted by Gasteiger charge is 2.54. The summed E-state index contributed by atoms with van der Waals surface area (Å²) in [6.07, 6.45) is 11.2. The first-order chi connectivity index (χ1) is 17.0. The van der Waals surface area contributed by atoms with E-state index < -0.39 is 0 Å². The Morgan fingerprint density at radius 3 is 2.83 bits per heavy atom. The van der Waals surface area contributed by atoms with Crippen LogP contribution in [0.2, 0.25) is 0 Å². The Hall–Kier alpha value is -3.22. The summed E-state index contributed by atoms with van der Waals surface area (Å²) in [5.41, 5.74) is 2.77. The predicted molar refractivity (Wildman–Crippen MR) is 132 cm³/mol. The standard InChI is InChI=1S/C28H33N3O4/c1-3-34-28(33)31-21-10-11-22-19(14-21)15-24-26(17(2)35-27(24)32)23(22)12-9-20-8-7-18(16-30-20)25-6-4-5-13-29-25/h4-9,12-13,16-17,19,21-24,26H,3,10-11,14-15H2,1-2H3,(H,31,33)/b12-9+/t17-,19+,21+,22-,23+,24-,26+/m1/s1. The topological polar surface area (TPSA) is 90.4 Å². The van der Waals surface area contributed by atoms with Gasteiger partial charge in [-0.2, -0.15) is 0 Å². The van der Waals surface area contributed by atoms with Crippen molar-refractivity contribution < 1.29 is 19.1 Å². The lowest BCUT2D eigenvalue weighted by Crippen LogP contribution is -2.48. The Morgan fingerprint density at radius 1 is 1.20 bits per heavy atom. The number of hydrogen-bond donors (Lipinski definition) is 1. The van der Waals surface area contributed by atoms with Gasteiger partial charge in [0.05, 0.1) is 23.9 Å². The number of rotatable bonds is 5. The average molecular weight is 476 g/mol. The van der Waals surface area contributed by atoms with Crippen molar-refractivity contribution in [3.05, 3.63) is 54.5 Å². The quantitative estimate of drug-likeness (QED) is 0.620. The van der Waals surface area contributed by atoms with Crippen LogP contribution in [0.15, 0.2) is 48.8 Å². The van der Waals surface area contributed by atoms with Crippen molar-refractivity contribution >= 4 is 18.1 Å². The first-order valence-electron chi connectivity index (χ1n) is 12.7. The number of carbonyl (C=O) groups excluding carboxylic acids is 2. The monoisotopic (exact) mass is 475 g/mol. The molecule has 3 aliphatic rings. The van der Waals surface area contributed by atoms with Crippen LogP contribution in [0.1, 0.15) is 45.2 Å². The lowest BCUT2D eigenvalue weighted by molar-refractivity contribution is -0.144. The number of pyridine rings is 2. The number of hydrogen-bond acceptors (Lipinski definition) is 6. The Bertz CT molecular complexity index is 1070. The second-order valence-electron chi connectivity index (χ2n) is 9.98. The van der Waals surface area contributed by atoms with Gasteiger partial charge < -0.3 is 14.8 Å². The molecule has 1 amide bonds. The van der Waals surface area contributed by atoms with E-state index in [9.17, 15) is 9.59 Å². The van der Waals surface area contributed by atoms with Gasteiger partial charge in [-0.3, -0.25) is 14.8 Å². The Kier molecular flexibility index (Phi) is 6.84. The molecule has 0 unspecified atom stereocenters. The van der Waals surface area contributed by atoms with E-state index in [0.717, 1.165) is 42.6 Å². The van der Waals surface area contributed by atoms with Gasteiger partial charge in [0.2, 0.25) is 0 Å². The molecule has 1 aliphatic heterocycles. The van der Waals surface area contributed by atoms with Crippen molar-refractivity contribution in [1.29, 1.82) is 0 Å². The van der Waals surface area contributed by atoms with Gasteiger partial charge in [0, 0.05) is 29.9 Å². The molecular formula is C28H33N3O4. The zero-order valence-electron chi connectivity index (χ0n) is 20.3. The van der Waals surface area contributed by atoms with E-state index in [2.05, 4.69) is 27.4 Å². The predicted octanol–water partition coefficient (Wildman–Crippen LogP) is 4.89.